The molecule has 0 fully saturated rings. The van der Waals surface area contributed by atoms with Gasteiger partial charge in [-0.2, -0.15) is 5.26 Å². The van der Waals surface area contributed by atoms with Crippen LogP contribution in [0.15, 0.2) is 34.8 Å². The van der Waals surface area contributed by atoms with E-state index in [1.54, 1.807) is 19.1 Å². The number of hydrogen-bond donors (Lipinski definition) is 1. The number of nitrogens with zero attached hydrogens (tertiary/aromatic N) is 1. The smallest absolute Gasteiger partial charge is 0.181 e. The van der Waals surface area contributed by atoms with Crippen molar-refractivity contribution in [2.24, 2.45) is 0 Å². The monoisotopic (exact) mass is 321 g/mol. The molecule has 1 N–H and O–H groups in total. The molecule has 0 amide bonds. The Bertz CT molecular complexity index is 680. The first-order valence-corrected chi connectivity index (χ1v) is 6.18. The van der Waals surface area contributed by atoms with Crippen LogP contribution in [0.3, 0.4) is 0 Å². The van der Waals surface area contributed by atoms with Crippen LogP contribution in [0, 0.1) is 24.1 Å². The Morgan fingerprint density at radius 2 is 2.00 bits per heavy atom. The molecule has 0 aliphatic carbocycles. The minimum atomic E-state index is -0.651. The van der Waals surface area contributed by atoms with Gasteiger partial charge in [-0.1, -0.05) is 6.07 Å². The van der Waals surface area contributed by atoms with Crippen LogP contribution in [0.5, 0.6) is 17.2 Å². The lowest BCUT2D eigenvalue weighted by Crippen LogP contribution is -1.93. The van der Waals surface area contributed by atoms with Gasteiger partial charge in [-0.3, -0.25) is 0 Å². The normalized spacial score (nSPS) is 10.0. The molecule has 2 aromatic carbocycles. The molecule has 0 bridgehead atoms. The summed E-state index contributed by atoms with van der Waals surface area (Å²) in [6, 6.07) is 9.45. The summed E-state index contributed by atoms with van der Waals surface area (Å²) in [6.45, 7) is 1.67. The minimum absolute atomic E-state index is 0.0143. The zero-order valence-electron chi connectivity index (χ0n) is 9.95. The molecular weight excluding hydrogens is 313 g/mol. The Morgan fingerprint density at radius 3 is 2.68 bits per heavy atom. The number of phenols is 1. The lowest BCUT2D eigenvalue weighted by atomic mass is 10.2. The van der Waals surface area contributed by atoms with Gasteiger partial charge in [-0.25, -0.2) is 4.39 Å². The molecule has 5 heteroatoms. The van der Waals surface area contributed by atoms with Gasteiger partial charge < -0.3 is 9.84 Å². The van der Waals surface area contributed by atoms with Gasteiger partial charge in [0.15, 0.2) is 11.6 Å². The highest BCUT2D eigenvalue weighted by Gasteiger charge is 2.14. The van der Waals surface area contributed by atoms with Crippen LogP contribution in [0.25, 0.3) is 0 Å². The van der Waals surface area contributed by atoms with Crippen molar-refractivity contribution in [2.75, 3.05) is 0 Å². The maximum absolute atomic E-state index is 14.0. The molecule has 0 saturated heterocycles. The van der Waals surface area contributed by atoms with Crippen molar-refractivity contribution < 1.29 is 14.2 Å². The summed E-state index contributed by atoms with van der Waals surface area (Å²) < 4.78 is 19.5. The average molecular weight is 322 g/mol. The van der Waals surface area contributed by atoms with Crippen molar-refractivity contribution in [1.29, 1.82) is 5.26 Å². The Morgan fingerprint density at radius 1 is 1.26 bits per heavy atom. The van der Waals surface area contributed by atoms with E-state index in [1.807, 2.05) is 6.07 Å². The van der Waals surface area contributed by atoms with Crippen molar-refractivity contribution in [3.8, 4) is 23.3 Å². The van der Waals surface area contributed by atoms with E-state index in [2.05, 4.69) is 15.9 Å². The van der Waals surface area contributed by atoms with E-state index in [0.717, 1.165) is 0 Å². The topological polar surface area (TPSA) is 53.2 Å². The lowest BCUT2D eigenvalue weighted by Gasteiger charge is -2.11. The Labute approximate surface area is 118 Å². The summed E-state index contributed by atoms with van der Waals surface area (Å²) in [4.78, 5) is 0. The Balaban J connectivity index is 2.43. The third kappa shape index (κ3) is 2.54. The first-order chi connectivity index (χ1) is 9.04. The number of benzene rings is 2. The summed E-state index contributed by atoms with van der Waals surface area (Å²) in [5.74, 6) is -0.234. The molecule has 0 radical (unpaired) electrons. The van der Waals surface area contributed by atoms with E-state index >= 15 is 0 Å². The summed E-state index contributed by atoms with van der Waals surface area (Å²) in [5, 5.41) is 18.3. The van der Waals surface area contributed by atoms with Crippen LogP contribution in [0.2, 0.25) is 0 Å². The zero-order valence-corrected chi connectivity index (χ0v) is 11.5. The number of nitriles is 1. The molecule has 0 aromatic heterocycles. The van der Waals surface area contributed by atoms with Crippen molar-refractivity contribution in [1.82, 2.24) is 0 Å². The van der Waals surface area contributed by atoms with E-state index in [-0.39, 0.29) is 21.5 Å². The third-order valence-electron chi connectivity index (χ3n) is 2.64. The van der Waals surface area contributed by atoms with Crippen LogP contribution in [-0.4, -0.2) is 5.11 Å². The second-order valence-corrected chi connectivity index (χ2v) is 4.65. The van der Waals surface area contributed by atoms with Crippen molar-refractivity contribution in [3.05, 3.63) is 51.7 Å². The molecule has 3 nitrogen and oxygen atoms in total. The largest absolute Gasteiger partial charge is 0.508 e. The molecule has 0 saturated carbocycles. The number of halogens is 2. The number of ether oxygens (including phenoxy) is 1. The molecule has 0 unspecified atom stereocenters. The molecule has 0 spiro atoms. The average Bonchev–Trinajstić information content (AvgIpc) is 2.40. The maximum atomic E-state index is 14.0. The molecular formula is C14H9BrFNO2. The fourth-order valence-corrected chi connectivity index (χ4v) is 1.95. The van der Waals surface area contributed by atoms with E-state index in [9.17, 15) is 9.50 Å². The maximum Gasteiger partial charge on any atom is 0.181 e. The quantitative estimate of drug-likeness (QED) is 0.898. The van der Waals surface area contributed by atoms with Gasteiger partial charge >= 0.3 is 0 Å². The van der Waals surface area contributed by atoms with Crippen LogP contribution < -0.4 is 4.74 Å². The van der Waals surface area contributed by atoms with E-state index in [0.29, 0.717) is 11.3 Å². The lowest BCUT2D eigenvalue weighted by molar-refractivity contribution is 0.426. The van der Waals surface area contributed by atoms with Crippen LogP contribution in [-0.2, 0) is 0 Å². The SMILES string of the molecule is Cc1c(O)cccc1Oc1ccc(C#N)c(Br)c1F. The zero-order chi connectivity index (χ0) is 14.0. The highest BCUT2D eigenvalue weighted by atomic mass is 79.9. The highest BCUT2D eigenvalue weighted by molar-refractivity contribution is 9.10. The minimum Gasteiger partial charge on any atom is -0.508 e. The van der Waals surface area contributed by atoms with Gasteiger partial charge in [0.1, 0.15) is 17.6 Å². The first-order valence-electron chi connectivity index (χ1n) is 5.39. The fourth-order valence-electron chi connectivity index (χ4n) is 1.53. The summed E-state index contributed by atoms with van der Waals surface area (Å²) in [5.41, 5.74) is 0.708. The van der Waals surface area contributed by atoms with E-state index in [4.69, 9.17) is 10.00 Å². The van der Waals surface area contributed by atoms with Gasteiger partial charge in [0.05, 0.1) is 10.0 Å². The predicted octanol–water partition coefficient (Wildman–Crippen LogP) is 4.27. The van der Waals surface area contributed by atoms with Gasteiger partial charge in [-0.05, 0) is 47.1 Å². The van der Waals surface area contributed by atoms with Crippen LogP contribution in [0.1, 0.15) is 11.1 Å². The first kappa shape index (κ1) is 13.4. The van der Waals surface area contributed by atoms with Crippen molar-refractivity contribution >= 4 is 15.9 Å². The standard InChI is InChI=1S/C14H9BrFNO2/c1-8-10(18)3-2-4-11(8)19-12-6-5-9(7-17)13(15)14(12)16/h2-6,18H,1H3. The second-order valence-electron chi connectivity index (χ2n) is 3.85. The van der Waals surface area contributed by atoms with Crippen LogP contribution >= 0.6 is 15.9 Å². The van der Waals surface area contributed by atoms with Gasteiger partial charge in [0.25, 0.3) is 0 Å². The summed E-state index contributed by atoms with van der Waals surface area (Å²) in [7, 11) is 0. The number of phenolic OH excluding ortho intramolecular Hbond substituents is 1. The second kappa shape index (κ2) is 5.29. The molecule has 0 atom stereocenters. The number of aromatic hydroxyl groups is 1. The van der Waals surface area contributed by atoms with E-state index < -0.39 is 5.82 Å². The number of rotatable bonds is 2. The molecule has 2 aromatic rings. The summed E-state index contributed by atoms with van der Waals surface area (Å²) in [6.07, 6.45) is 0. The van der Waals surface area contributed by atoms with Gasteiger partial charge in [-0.15, -0.1) is 0 Å². The van der Waals surface area contributed by atoms with E-state index in [1.165, 1.54) is 18.2 Å². The van der Waals surface area contributed by atoms with Crippen LogP contribution in [0.4, 0.5) is 4.39 Å². The Hall–Kier alpha value is -2.06. The number of hydrogen-bond acceptors (Lipinski definition) is 3. The molecule has 0 aliphatic rings. The molecule has 19 heavy (non-hydrogen) atoms. The molecule has 0 aliphatic heterocycles. The third-order valence-corrected chi connectivity index (χ3v) is 3.42. The molecule has 96 valence electrons. The Kier molecular flexibility index (Phi) is 3.72. The van der Waals surface area contributed by atoms with Gasteiger partial charge in [0.2, 0.25) is 0 Å². The summed E-state index contributed by atoms with van der Waals surface area (Å²) >= 11 is 3.01. The molecule has 0 heterocycles. The van der Waals surface area contributed by atoms with Crippen molar-refractivity contribution in [3.63, 3.8) is 0 Å². The fraction of sp³-hybridized carbons (Fsp3) is 0.0714. The van der Waals surface area contributed by atoms with Gasteiger partial charge in [0, 0.05) is 5.56 Å². The molecule has 2 rings (SSSR count). The van der Waals surface area contributed by atoms with Crippen molar-refractivity contribution in [2.45, 2.75) is 6.92 Å². The highest BCUT2D eigenvalue weighted by Crippen LogP contribution is 2.34. The predicted molar refractivity (Wildman–Crippen MR) is 71.7 cm³/mol.